The van der Waals surface area contributed by atoms with Gasteiger partial charge in [-0.1, -0.05) is 36.2 Å². The molecule has 0 aliphatic heterocycles. The molecule has 96 valence electrons. The summed E-state index contributed by atoms with van der Waals surface area (Å²) in [6, 6.07) is 6.70. The minimum atomic E-state index is 0.609. The molecular weight excluding hydrogens is 278 g/mol. The summed E-state index contributed by atoms with van der Waals surface area (Å²) < 4.78 is 6.38. The van der Waals surface area contributed by atoms with Gasteiger partial charge in [0.15, 0.2) is 0 Å². The molecule has 3 heteroatoms. The number of ether oxygens (including phenoxy) is 1. The predicted molar refractivity (Wildman–Crippen MR) is 76.5 cm³/mol. The van der Waals surface area contributed by atoms with Crippen LogP contribution in [0.2, 0.25) is 0 Å². The molecule has 0 amide bonds. The molecule has 0 heterocycles. The van der Waals surface area contributed by atoms with Crippen molar-refractivity contribution in [1.82, 2.24) is 5.32 Å². The number of methoxy groups -OCH3 is 1. The van der Waals surface area contributed by atoms with Crippen molar-refractivity contribution in [3.63, 3.8) is 0 Å². The number of halogens is 1. The summed E-state index contributed by atoms with van der Waals surface area (Å²) in [7, 11) is 1.70. The van der Waals surface area contributed by atoms with Crippen LogP contribution in [0.5, 0.6) is 5.75 Å². The predicted octanol–water partition coefficient (Wildman–Crippen LogP) is 4.13. The standard InChI is InChI=1S/C14H22BrNO/c1-4-6-12(5-2)16-10-11-9-13(17-3)7-8-14(11)15/h7-9,12,16H,4-6,10H2,1-3H3. The second-order valence-corrected chi connectivity index (χ2v) is 5.09. The van der Waals surface area contributed by atoms with Crippen LogP contribution >= 0.6 is 15.9 Å². The molecule has 1 atom stereocenters. The molecule has 0 aliphatic rings. The van der Waals surface area contributed by atoms with Gasteiger partial charge in [0.05, 0.1) is 7.11 Å². The van der Waals surface area contributed by atoms with Gasteiger partial charge in [-0.2, -0.15) is 0 Å². The van der Waals surface area contributed by atoms with Crippen molar-refractivity contribution in [1.29, 1.82) is 0 Å². The Hall–Kier alpha value is -0.540. The summed E-state index contributed by atoms with van der Waals surface area (Å²) in [5.41, 5.74) is 1.25. The molecule has 0 saturated heterocycles. The van der Waals surface area contributed by atoms with Gasteiger partial charge >= 0.3 is 0 Å². The molecule has 0 aromatic heterocycles. The Labute approximate surface area is 113 Å². The Kier molecular flexibility index (Phi) is 6.60. The van der Waals surface area contributed by atoms with Crippen molar-refractivity contribution in [2.45, 2.75) is 45.7 Å². The monoisotopic (exact) mass is 299 g/mol. The molecule has 0 radical (unpaired) electrons. The average Bonchev–Trinajstić information content (AvgIpc) is 2.36. The third kappa shape index (κ3) is 4.68. The molecule has 1 aromatic rings. The third-order valence-electron chi connectivity index (χ3n) is 2.96. The van der Waals surface area contributed by atoms with Crippen LogP contribution < -0.4 is 10.1 Å². The maximum atomic E-state index is 5.24. The van der Waals surface area contributed by atoms with Crippen LogP contribution in [0.3, 0.4) is 0 Å². The molecule has 1 rings (SSSR count). The number of benzene rings is 1. The summed E-state index contributed by atoms with van der Waals surface area (Å²) >= 11 is 3.58. The normalized spacial score (nSPS) is 12.5. The van der Waals surface area contributed by atoms with E-state index in [1.165, 1.54) is 24.8 Å². The highest BCUT2D eigenvalue weighted by Crippen LogP contribution is 2.22. The zero-order chi connectivity index (χ0) is 12.7. The Bertz CT molecular complexity index is 341. The first kappa shape index (κ1) is 14.5. The average molecular weight is 300 g/mol. The van der Waals surface area contributed by atoms with Crippen LogP contribution in [0.25, 0.3) is 0 Å². The zero-order valence-electron chi connectivity index (χ0n) is 10.9. The molecular formula is C14H22BrNO. The fourth-order valence-electron chi connectivity index (χ4n) is 1.87. The van der Waals surface area contributed by atoms with Crippen molar-refractivity contribution >= 4 is 15.9 Å². The molecule has 2 nitrogen and oxygen atoms in total. The quantitative estimate of drug-likeness (QED) is 0.817. The Morgan fingerprint density at radius 3 is 2.71 bits per heavy atom. The smallest absolute Gasteiger partial charge is 0.119 e. The van der Waals surface area contributed by atoms with Gasteiger partial charge in [0.2, 0.25) is 0 Å². The van der Waals surface area contributed by atoms with Crippen LogP contribution in [0.1, 0.15) is 38.7 Å². The van der Waals surface area contributed by atoms with Crippen LogP contribution in [-0.4, -0.2) is 13.2 Å². The fourth-order valence-corrected chi connectivity index (χ4v) is 2.25. The van der Waals surface area contributed by atoms with E-state index in [1.54, 1.807) is 7.11 Å². The van der Waals surface area contributed by atoms with E-state index >= 15 is 0 Å². The van der Waals surface area contributed by atoms with E-state index in [-0.39, 0.29) is 0 Å². The van der Waals surface area contributed by atoms with Crippen molar-refractivity contribution < 1.29 is 4.74 Å². The second-order valence-electron chi connectivity index (χ2n) is 4.23. The molecule has 1 aromatic carbocycles. The van der Waals surface area contributed by atoms with Crippen LogP contribution in [0.4, 0.5) is 0 Å². The lowest BCUT2D eigenvalue weighted by Gasteiger charge is -2.17. The van der Waals surface area contributed by atoms with E-state index in [9.17, 15) is 0 Å². The molecule has 0 spiro atoms. The number of rotatable bonds is 7. The van der Waals surface area contributed by atoms with E-state index in [1.807, 2.05) is 12.1 Å². The van der Waals surface area contributed by atoms with E-state index in [4.69, 9.17) is 4.74 Å². The van der Waals surface area contributed by atoms with E-state index in [0.29, 0.717) is 6.04 Å². The summed E-state index contributed by atoms with van der Waals surface area (Å²) in [6.45, 7) is 5.34. The van der Waals surface area contributed by atoms with E-state index in [2.05, 4.69) is 41.2 Å². The van der Waals surface area contributed by atoms with Crippen LogP contribution in [-0.2, 0) is 6.54 Å². The van der Waals surface area contributed by atoms with Gasteiger partial charge in [0, 0.05) is 17.1 Å². The van der Waals surface area contributed by atoms with E-state index in [0.717, 1.165) is 16.8 Å². The highest BCUT2D eigenvalue weighted by molar-refractivity contribution is 9.10. The van der Waals surface area contributed by atoms with Gasteiger partial charge in [-0.05, 0) is 36.6 Å². The molecule has 17 heavy (non-hydrogen) atoms. The number of nitrogens with one attached hydrogen (secondary N) is 1. The lowest BCUT2D eigenvalue weighted by molar-refractivity contribution is 0.413. The van der Waals surface area contributed by atoms with Gasteiger partial charge in [-0.3, -0.25) is 0 Å². The molecule has 0 bridgehead atoms. The second kappa shape index (κ2) is 7.72. The Morgan fingerprint density at radius 1 is 1.35 bits per heavy atom. The van der Waals surface area contributed by atoms with E-state index < -0.39 is 0 Å². The largest absolute Gasteiger partial charge is 0.497 e. The first-order valence-corrected chi connectivity index (χ1v) is 7.06. The molecule has 1 N–H and O–H groups in total. The van der Waals surface area contributed by atoms with Gasteiger partial charge in [-0.25, -0.2) is 0 Å². The molecule has 1 unspecified atom stereocenters. The maximum absolute atomic E-state index is 5.24. The van der Waals surface area contributed by atoms with Crippen LogP contribution in [0.15, 0.2) is 22.7 Å². The summed E-state index contributed by atoms with van der Waals surface area (Å²) in [5, 5.41) is 3.59. The summed E-state index contributed by atoms with van der Waals surface area (Å²) in [6.07, 6.45) is 3.64. The minimum Gasteiger partial charge on any atom is -0.497 e. The fraction of sp³-hybridized carbons (Fsp3) is 0.571. The topological polar surface area (TPSA) is 21.3 Å². The minimum absolute atomic E-state index is 0.609. The van der Waals surface area contributed by atoms with Gasteiger partial charge in [0.25, 0.3) is 0 Å². The molecule has 0 fully saturated rings. The summed E-state index contributed by atoms with van der Waals surface area (Å²) in [4.78, 5) is 0. The lowest BCUT2D eigenvalue weighted by Crippen LogP contribution is -2.27. The lowest BCUT2D eigenvalue weighted by atomic mass is 10.1. The van der Waals surface area contributed by atoms with Crippen molar-refractivity contribution in [2.75, 3.05) is 7.11 Å². The number of hydrogen-bond donors (Lipinski definition) is 1. The summed E-state index contributed by atoms with van der Waals surface area (Å²) in [5.74, 6) is 0.911. The van der Waals surface area contributed by atoms with Crippen molar-refractivity contribution in [2.24, 2.45) is 0 Å². The SMILES string of the molecule is CCCC(CC)NCc1cc(OC)ccc1Br. The highest BCUT2D eigenvalue weighted by atomic mass is 79.9. The molecule has 0 saturated carbocycles. The first-order chi connectivity index (χ1) is 8.21. The van der Waals surface area contributed by atoms with Crippen molar-refractivity contribution in [3.8, 4) is 5.75 Å². The highest BCUT2D eigenvalue weighted by Gasteiger charge is 2.06. The number of hydrogen-bond acceptors (Lipinski definition) is 2. The first-order valence-electron chi connectivity index (χ1n) is 6.27. The Morgan fingerprint density at radius 2 is 2.12 bits per heavy atom. The molecule has 0 aliphatic carbocycles. The van der Waals surface area contributed by atoms with Crippen LogP contribution in [0, 0.1) is 0 Å². The van der Waals surface area contributed by atoms with Gasteiger partial charge in [-0.15, -0.1) is 0 Å². The van der Waals surface area contributed by atoms with Crippen molar-refractivity contribution in [3.05, 3.63) is 28.2 Å². The third-order valence-corrected chi connectivity index (χ3v) is 3.74. The zero-order valence-corrected chi connectivity index (χ0v) is 12.5. The Balaban J connectivity index is 2.60. The maximum Gasteiger partial charge on any atom is 0.119 e. The van der Waals surface area contributed by atoms with Gasteiger partial charge in [0.1, 0.15) is 5.75 Å². The van der Waals surface area contributed by atoms with Gasteiger partial charge < -0.3 is 10.1 Å².